The van der Waals surface area contributed by atoms with E-state index in [2.05, 4.69) is 21.2 Å². The summed E-state index contributed by atoms with van der Waals surface area (Å²) in [5.74, 6) is 1.06. The van der Waals surface area contributed by atoms with Gasteiger partial charge in [-0.1, -0.05) is 28.1 Å². The number of hydrogen-bond donors (Lipinski definition) is 1. The number of anilines is 1. The maximum atomic E-state index is 12.4. The molecule has 1 aromatic heterocycles. The van der Waals surface area contributed by atoms with E-state index in [9.17, 15) is 4.79 Å². The molecule has 17 heavy (non-hydrogen) atoms. The summed E-state index contributed by atoms with van der Waals surface area (Å²) in [6, 6.07) is 7.77. The van der Waals surface area contributed by atoms with Crippen molar-refractivity contribution in [2.75, 3.05) is 17.2 Å². The molecule has 4 nitrogen and oxygen atoms in total. The molecule has 1 aromatic carbocycles. The Kier molecular flexibility index (Phi) is 2.63. The number of fused-ring (bicyclic) bond motifs is 3. The molecule has 3 rings (SSSR count). The zero-order valence-electron chi connectivity index (χ0n) is 9.32. The van der Waals surface area contributed by atoms with Gasteiger partial charge in [-0.2, -0.15) is 4.68 Å². The van der Waals surface area contributed by atoms with Crippen molar-refractivity contribution in [3.05, 3.63) is 34.6 Å². The Balaban J connectivity index is 2.42. The second-order valence-corrected chi connectivity index (χ2v) is 4.85. The Hall–Kier alpha value is -1.36. The predicted octanol–water partition coefficient (Wildman–Crippen LogP) is 1.11. The van der Waals surface area contributed by atoms with Crippen molar-refractivity contribution < 1.29 is 4.68 Å². The van der Waals surface area contributed by atoms with Crippen LogP contribution in [0, 0.1) is 0 Å². The van der Waals surface area contributed by atoms with Crippen molar-refractivity contribution in [1.82, 2.24) is 4.68 Å². The van der Waals surface area contributed by atoms with Crippen LogP contribution in [0.25, 0.3) is 10.8 Å². The van der Waals surface area contributed by atoms with Crippen LogP contribution in [0.4, 0.5) is 5.82 Å². The van der Waals surface area contributed by atoms with Crippen LogP contribution in [0.15, 0.2) is 29.1 Å². The minimum atomic E-state index is 0.0903. The van der Waals surface area contributed by atoms with Gasteiger partial charge in [-0.15, -0.1) is 4.68 Å². The quantitative estimate of drug-likeness (QED) is 0.666. The number of nitrogens with zero attached hydrogens (tertiary/aromatic N) is 2. The second-order valence-electron chi connectivity index (χ2n) is 4.06. The maximum absolute atomic E-state index is 12.4. The lowest BCUT2D eigenvalue weighted by molar-refractivity contribution is -0.756. The van der Waals surface area contributed by atoms with Gasteiger partial charge >= 0.3 is 5.82 Å². The van der Waals surface area contributed by atoms with E-state index in [0.717, 1.165) is 35.0 Å². The molecule has 0 bridgehead atoms. The van der Waals surface area contributed by atoms with Gasteiger partial charge in [-0.25, -0.2) is 0 Å². The number of rotatable bonds is 2. The van der Waals surface area contributed by atoms with Crippen molar-refractivity contribution in [2.45, 2.75) is 13.1 Å². The predicted molar refractivity (Wildman–Crippen MR) is 70.7 cm³/mol. The molecule has 0 amide bonds. The average Bonchev–Trinajstić information content (AvgIpc) is 2.84. The minimum absolute atomic E-state index is 0.0903. The van der Waals surface area contributed by atoms with Gasteiger partial charge in [0, 0.05) is 5.33 Å². The molecular weight excluding hydrogens is 282 g/mol. The highest BCUT2D eigenvalue weighted by molar-refractivity contribution is 9.09. The number of nitrogens with one attached hydrogen (secondary N) is 1. The van der Waals surface area contributed by atoms with Gasteiger partial charge in [0.1, 0.15) is 13.1 Å². The molecule has 0 atom stereocenters. The van der Waals surface area contributed by atoms with Crippen LogP contribution in [-0.4, -0.2) is 16.6 Å². The summed E-state index contributed by atoms with van der Waals surface area (Å²) in [6.45, 7) is 2.43. The van der Waals surface area contributed by atoms with Crippen LogP contribution in [0.1, 0.15) is 0 Å². The maximum Gasteiger partial charge on any atom is 0.301 e. The molecule has 5 heteroatoms. The third-order valence-electron chi connectivity index (χ3n) is 3.11. The van der Waals surface area contributed by atoms with E-state index in [1.54, 1.807) is 0 Å². The fraction of sp³-hybridized carbons (Fsp3) is 0.333. The number of aromatic nitrogens is 2. The molecule has 1 aliphatic heterocycles. The first kappa shape index (κ1) is 10.8. The second kappa shape index (κ2) is 4.14. The molecule has 2 aromatic rings. The fourth-order valence-corrected chi connectivity index (χ4v) is 2.72. The number of alkyl halides is 1. The van der Waals surface area contributed by atoms with Gasteiger partial charge in [0.05, 0.1) is 17.3 Å². The first-order valence-corrected chi connectivity index (χ1v) is 6.80. The molecule has 0 fully saturated rings. The van der Waals surface area contributed by atoms with Crippen LogP contribution >= 0.6 is 15.9 Å². The number of hydrogen-bond acceptors (Lipinski definition) is 2. The fourth-order valence-electron chi connectivity index (χ4n) is 2.39. The van der Waals surface area contributed by atoms with Crippen LogP contribution in [-0.2, 0) is 13.1 Å². The lowest BCUT2D eigenvalue weighted by atomic mass is 10.2. The van der Waals surface area contributed by atoms with Gasteiger partial charge in [-0.3, -0.25) is 10.1 Å². The molecule has 2 heterocycles. The molecule has 88 valence electrons. The highest BCUT2D eigenvalue weighted by Crippen LogP contribution is 2.18. The molecule has 0 aliphatic carbocycles. The zero-order chi connectivity index (χ0) is 11.8. The van der Waals surface area contributed by atoms with Crippen molar-refractivity contribution in [2.24, 2.45) is 0 Å². The Morgan fingerprint density at radius 3 is 2.88 bits per heavy atom. The normalized spacial score (nSPS) is 13.7. The van der Waals surface area contributed by atoms with Crippen molar-refractivity contribution in [3.63, 3.8) is 0 Å². The van der Waals surface area contributed by atoms with E-state index in [1.807, 2.05) is 33.6 Å². The standard InChI is InChI=1S/C12H12BrN3O/c13-5-7-16-12(17)10-4-2-1-3-9(10)11-14-6-8-15(11)16/h1-4H,5-8H2/p+1. The summed E-state index contributed by atoms with van der Waals surface area (Å²) in [5.41, 5.74) is 0.0903. The SMILES string of the molecule is O=c1c2ccccc2c2[n+](n1CCBr)CCN2. The highest BCUT2D eigenvalue weighted by Gasteiger charge is 2.25. The molecule has 0 radical (unpaired) electrons. The summed E-state index contributed by atoms with van der Waals surface area (Å²) >= 11 is 3.40. The van der Waals surface area contributed by atoms with Crippen LogP contribution < -0.4 is 15.6 Å². The highest BCUT2D eigenvalue weighted by atomic mass is 79.9. The van der Waals surface area contributed by atoms with Crippen molar-refractivity contribution in [1.29, 1.82) is 0 Å². The number of benzene rings is 1. The summed E-state index contributed by atoms with van der Waals surface area (Å²) in [5, 5.41) is 5.94. The summed E-state index contributed by atoms with van der Waals surface area (Å²) in [6.07, 6.45) is 0. The molecular formula is C12H13BrN3O+. The monoisotopic (exact) mass is 294 g/mol. The number of halogens is 1. The average molecular weight is 295 g/mol. The summed E-state index contributed by atoms with van der Waals surface area (Å²) in [4.78, 5) is 12.4. The Labute approximate surface area is 107 Å². The largest absolute Gasteiger partial charge is 0.301 e. The van der Waals surface area contributed by atoms with E-state index in [-0.39, 0.29) is 5.56 Å². The van der Waals surface area contributed by atoms with Gasteiger partial charge in [0.15, 0.2) is 0 Å². The molecule has 0 saturated carbocycles. The third-order valence-corrected chi connectivity index (χ3v) is 3.46. The van der Waals surface area contributed by atoms with Gasteiger partial charge in [0.25, 0.3) is 5.56 Å². The molecule has 0 saturated heterocycles. The first-order valence-electron chi connectivity index (χ1n) is 5.68. The zero-order valence-corrected chi connectivity index (χ0v) is 10.9. The van der Waals surface area contributed by atoms with Crippen LogP contribution in [0.2, 0.25) is 0 Å². The van der Waals surface area contributed by atoms with E-state index in [0.29, 0.717) is 6.54 Å². The lowest BCUT2D eigenvalue weighted by Crippen LogP contribution is -2.50. The smallest absolute Gasteiger partial charge is 0.268 e. The van der Waals surface area contributed by atoms with E-state index < -0.39 is 0 Å². The molecule has 1 aliphatic rings. The minimum Gasteiger partial charge on any atom is -0.268 e. The molecule has 1 N–H and O–H groups in total. The Morgan fingerprint density at radius 1 is 1.35 bits per heavy atom. The van der Waals surface area contributed by atoms with Gasteiger partial charge in [0.2, 0.25) is 0 Å². The van der Waals surface area contributed by atoms with Gasteiger partial charge < -0.3 is 0 Å². The Bertz CT molecular complexity index is 635. The van der Waals surface area contributed by atoms with Crippen LogP contribution in [0.5, 0.6) is 0 Å². The Morgan fingerprint density at radius 2 is 2.12 bits per heavy atom. The molecule has 0 unspecified atom stereocenters. The molecule has 0 spiro atoms. The van der Waals surface area contributed by atoms with Gasteiger partial charge in [-0.05, 0) is 12.1 Å². The van der Waals surface area contributed by atoms with E-state index in [1.165, 1.54) is 0 Å². The van der Waals surface area contributed by atoms with E-state index >= 15 is 0 Å². The van der Waals surface area contributed by atoms with E-state index in [4.69, 9.17) is 0 Å². The third kappa shape index (κ3) is 1.57. The first-order chi connectivity index (χ1) is 8.33. The summed E-state index contributed by atoms with van der Waals surface area (Å²) < 4.78 is 3.86. The van der Waals surface area contributed by atoms with Crippen LogP contribution in [0.3, 0.4) is 0 Å². The summed E-state index contributed by atoms with van der Waals surface area (Å²) in [7, 11) is 0. The van der Waals surface area contributed by atoms with Crippen molar-refractivity contribution >= 4 is 32.5 Å². The van der Waals surface area contributed by atoms with Crippen molar-refractivity contribution in [3.8, 4) is 0 Å². The topological polar surface area (TPSA) is 37.9 Å². The lowest BCUT2D eigenvalue weighted by Gasteiger charge is -2.08.